The molecule has 1 aliphatic rings. The number of rotatable bonds is 4. The Morgan fingerprint density at radius 2 is 1.94 bits per heavy atom. The minimum Gasteiger partial charge on any atom is -0.383 e. The van der Waals surface area contributed by atoms with Gasteiger partial charge < -0.3 is 25.4 Å². The number of amidine groups is 1. The maximum atomic E-state index is 13.1. The minimum atomic E-state index is -4.64. The lowest BCUT2D eigenvalue weighted by molar-refractivity contribution is -0.420. The Morgan fingerprint density at radius 1 is 1.29 bits per heavy atom. The van der Waals surface area contributed by atoms with Gasteiger partial charge in [-0.3, -0.25) is 15.5 Å². The van der Waals surface area contributed by atoms with E-state index >= 15 is 0 Å². The van der Waals surface area contributed by atoms with Crippen LogP contribution in [0.4, 0.5) is 35.2 Å². The molecule has 1 aliphatic heterocycles. The number of nitrogens with two attached hydrogens (primary N) is 2. The number of aryl methyl sites for hydroxylation is 1. The molecule has 0 saturated carbocycles. The van der Waals surface area contributed by atoms with E-state index in [-0.39, 0.29) is 6.04 Å². The standard InChI is InChI=1S/C21H27F3N8O2/c1-27-17(25)15-9-14(10-28-18(15)26)32-6-4-13(5-7-32)31(3)20(34)29-16-8-12(21(22,23)24)11-30(2)19(16)33/h8-11,13H,4-7H2,1-3H3,(H2,25,27)(H2,26,28)(H,29,34)/p+1. The molecule has 2 amide bonds. The lowest BCUT2D eigenvalue weighted by Crippen LogP contribution is -2.71. The van der Waals surface area contributed by atoms with E-state index in [1.165, 1.54) is 11.9 Å². The van der Waals surface area contributed by atoms with Crippen molar-refractivity contribution in [1.29, 1.82) is 0 Å². The third-order valence-electron chi connectivity index (χ3n) is 5.91. The summed E-state index contributed by atoms with van der Waals surface area (Å²) in [5.74, 6) is 0.710. The maximum absolute atomic E-state index is 13.1. The Bertz CT molecular complexity index is 1150. The zero-order valence-corrected chi connectivity index (χ0v) is 19.1. The zero-order valence-electron chi connectivity index (χ0n) is 19.1. The predicted molar refractivity (Wildman–Crippen MR) is 123 cm³/mol. The van der Waals surface area contributed by atoms with E-state index in [4.69, 9.17) is 11.5 Å². The molecule has 184 valence electrons. The number of amides is 2. The Labute approximate surface area is 194 Å². The Hall–Kier alpha value is -3.77. The van der Waals surface area contributed by atoms with Gasteiger partial charge in [-0.1, -0.05) is 0 Å². The third kappa shape index (κ3) is 5.24. The molecule has 0 radical (unpaired) electrons. The van der Waals surface area contributed by atoms with E-state index in [9.17, 15) is 22.8 Å². The van der Waals surface area contributed by atoms with Crippen LogP contribution in [0.1, 0.15) is 24.0 Å². The van der Waals surface area contributed by atoms with Gasteiger partial charge in [0.05, 0.1) is 24.5 Å². The van der Waals surface area contributed by atoms with Gasteiger partial charge in [-0.25, -0.2) is 9.78 Å². The molecule has 1 fully saturated rings. The van der Waals surface area contributed by atoms with Gasteiger partial charge in [-0.05, 0) is 25.0 Å². The first kappa shape index (κ1) is 24.9. The third-order valence-corrected chi connectivity index (χ3v) is 5.91. The largest absolute Gasteiger partial charge is 0.417 e. The van der Waals surface area contributed by atoms with Gasteiger partial charge in [-0.15, -0.1) is 0 Å². The molecule has 0 unspecified atom stereocenters. The van der Waals surface area contributed by atoms with Crippen molar-refractivity contribution in [1.82, 2.24) is 14.5 Å². The summed E-state index contributed by atoms with van der Waals surface area (Å²) >= 11 is 0. The van der Waals surface area contributed by atoms with Gasteiger partial charge >= 0.3 is 12.2 Å². The highest BCUT2D eigenvalue weighted by atomic mass is 19.4. The second-order valence-electron chi connectivity index (χ2n) is 8.11. The molecule has 2 aromatic heterocycles. The lowest BCUT2D eigenvalue weighted by atomic mass is 10.0. The van der Waals surface area contributed by atoms with E-state index < -0.39 is 29.0 Å². The van der Waals surface area contributed by atoms with Gasteiger partial charge in [0, 0.05) is 39.4 Å². The summed E-state index contributed by atoms with van der Waals surface area (Å²) in [5.41, 5.74) is 11.1. The number of hydrogen-bond acceptors (Lipinski definition) is 5. The van der Waals surface area contributed by atoms with E-state index in [0.717, 1.165) is 10.3 Å². The average Bonchev–Trinajstić information content (AvgIpc) is 2.80. The number of nitrogens with one attached hydrogen (secondary N) is 2. The normalized spacial score (nSPS) is 15.4. The highest BCUT2D eigenvalue weighted by Crippen LogP contribution is 2.30. The number of carbonyl (C=O) groups excluding carboxylic acids is 1. The molecular formula is C21H28F3N8O2+. The molecule has 10 nitrogen and oxygen atoms in total. The molecule has 0 aromatic carbocycles. The summed E-state index contributed by atoms with van der Waals surface area (Å²) < 4.78 is 40.1. The molecule has 0 spiro atoms. The molecule has 13 heteroatoms. The first-order valence-electron chi connectivity index (χ1n) is 10.5. The van der Waals surface area contributed by atoms with Crippen LogP contribution in [0, 0.1) is 0 Å². The van der Waals surface area contributed by atoms with Crippen LogP contribution in [-0.2, 0) is 13.2 Å². The molecular weight excluding hydrogens is 453 g/mol. The maximum Gasteiger partial charge on any atom is 0.417 e. The highest BCUT2D eigenvalue weighted by Gasteiger charge is 2.33. The molecule has 0 bridgehead atoms. The second-order valence-corrected chi connectivity index (χ2v) is 8.11. The van der Waals surface area contributed by atoms with Crippen molar-refractivity contribution < 1.29 is 23.0 Å². The molecule has 0 aliphatic carbocycles. The summed E-state index contributed by atoms with van der Waals surface area (Å²) in [6.45, 7) is 1.22. The van der Waals surface area contributed by atoms with Crippen LogP contribution in [0.25, 0.3) is 0 Å². The number of nitrogens with zero attached hydrogens (tertiary/aromatic N) is 4. The first-order chi connectivity index (χ1) is 15.9. The smallest absolute Gasteiger partial charge is 0.383 e. The van der Waals surface area contributed by atoms with Gasteiger partial charge in [-0.2, -0.15) is 13.2 Å². The average molecular weight is 482 g/mol. The second kappa shape index (κ2) is 9.61. The van der Waals surface area contributed by atoms with Gasteiger partial charge in [0.2, 0.25) is 0 Å². The number of anilines is 3. The summed E-state index contributed by atoms with van der Waals surface area (Å²) in [6.07, 6.45) is -1.08. The zero-order chi connectivity index (χ0) is 25.2. The monoisotopic (exact) mass is 481 g/mol. The summed E-state index contributed by atoms with van der Waals surface area (Å²) in [5, 5.41) is 2.33. The van der Waals surface area contributed by atoms with E-state index in [0.29, 0.717) is 55.4 Å². The van der Waals surface area contributed by atoms with E-state index in [1.807, 2.05) is 6.07 Å². The fourth-order valence-electron chi connectivity index (χ4n) is 3.82. The molecule has 34 heavy (non-hydrogen) atoms. The number of piperidine rings is 1. The van der Waals surface area contributed by atoms with Crippen LogP contribution in [0.2, 0.25) is 0 Å². The van der Waals surface area contributed by atoms with Crippen molar-refractivity contribution >= 4 is 29.1 Å². The number of aromatic nitrogens is 2. The number of nitrogen functional groups attached to an aromatic ring is 2. The molecule has 0 atom stereocenters. The fourth-order valence-corrected chi connectivity index (χ4v) is 3.82. The summed E-state index contributed by atoms with van der Waals surface area (Å²) in [6, 6.07) is 1.67. The minimum absolute atomic E-state index is 0.166. The topological polar surface area (TPSA) is 136 Å². The van der Waals surface area contributed by atoms with Gasteiger partial charge in [0.15, 0.2) is 0 Å². The van der Waals surface area contributed by atoms with Crippen molar-refractivity contribution in [3.63, 3.8) is 0 Å². The van der Waals surface area contributed by atoms with Crippen molar-refractivity contribution in [3.05, 3.63) is 46.0 Å². The first-order valence-corrected chi connectivity index (χ1v) is 10.5. The quantitative estimate of drug-likeness (QED) is 0.357. The van der Waals surface area contributed by atoms with Crippen LogP contribution in [0.5, 0.6) is 0 Å². The van der Waals surface area contributed by atoms with Crippen LogP contribution in [-0.4, -0.2) is 59.5 Å². The van der Waals surface area contributed by atoms with E-state index in [2.05, 4.69) is 20.2 Å². The number of alkyl halides is 3. The summed E-state index contributed by atoms with van der Waals surface area (Å²) in [4.78, 5) is 35.5. The van der Waals surface area contributed by atoms with Crippen LogP contribution >= 0.6 is 0 Å². The SMILES string of the molecule is C[NH+]=C(N)c1cc(N2CCC(N(C)C(=O)Nc3cc(C(F)(F)F)cn(C)c3=O)CC2)cnc1N. The molecule has 3 rings (SSSR count). The van der Waals surface area contributed by atoms with Crippen molar-refractivity contribution in [2.75, 3.05) is 43.1 Å². The van der Waals surface area contributed by atoms with E-state index in [1.54, 1.807) is 20.3 Å². The fraction of sp³-hybridized carbons (Fsp3) is 0.429. The molecule has 3 heterocycles. The van der Waals surface area contributed by atoms with Crippen LogP contribution in [0.3, 0.4) is 0 Å². The Kier molecular flexibility index (Phi) is 7.03. The summed E-state index contributed by atoms with van der Waals surface area (Å²) in [7, 11) is 4.44. The molecule has 1 saturated heterocycles. The highest BCUT2D eigenvalue weighted by molar-refractivity contribution is 5.98. The lowest BCUT2D eigenvalue weighted by Gasteiger charge is -2.37. The number of halogens is 3. The van der Waals surface area contributed by atoms with Crippen LogP contribution in [0.15, 0.2) is 29.3 Å². The predicted octanol–water partition coefficient (Wildman–Crippen LogP) is -0.0703. The number of carbonyl (C=O) groups is 1. The van der Waals surface area contributed by atoms with Gasteiger partial charge in [0.1, 0.15) is 17.1 Å². The molecule has 6 N–H and O–H groups in total. The van der Waals surface area contributed by atoms with Crippen LogP contribution < -0.4 is 32.2 Å². The number of pyridine rings is 2. The molecule has 2 aromatic rings. The number of hydrogen-bond donors (Lipinski definition) is 4. The van der Waals surface area contributed by atoms with Gasteiger partial charge in [0.25, 0.3) is 11.4 Å². The number of urea groups is 1. The van der Waals surface area contributed by atoms with Crippen molar-refractivity contribution in [3.8, 4) is 0 Å². The Morgan fingerprint density at radius 3 is 2.53 bits per heavy atom. The van der Waals surface area contributed by atoms with Crippen molar-refractivity contribution in [2.24, 2.45) is 12.8 Å². The Balaban J connectivity index is 1.67. The van der Waals surface area contributed by atoms with Crippen molar-refractivity contribution in [2.45, 2.75) is 25.1 Å².